The smallest absolute Gasteiger partial charge is 0.238 e. The Morgan fingerprint density at radius 2 is 1.90 bits per heavy atom. The van der Waals surface area contributed by atoms with E-state index in [1.165, 1.54) is 0 Å². The second-order valence-electron chi connectivity index (χ2n) is 7.31. The van der Waals surface area contributed by atoms with Gasteiger partial charge in [-0.05, 0) is 49.0 Å². The molecule has 5 heteroatoms. The van der Waals surface area contributed by atoms with Crippen LogP contribution in [0.1, 0.15) is 24.4 Å². The van der Waals surface area contributed by atoms with Crippen LogP contribution >= 0.6 is 0 Å². The Kier molecular flexibility index (Phi) is 5.67. The van der Waals surface area contributed by atoms with Gasteiger partial charge in [0.05, 0.1) is 20.8 Å². The molecule has 1 atom stereocenters. The van der Waals surface area contributed by atoms with E-state index in [0.717, 1.165) is 52.9 Å². The zero-order valence-corrected chi connectivity index (χ0v) is 16.9. The maximum atomic E-state index is 12.9. The number of hydrogen-bond donors (Lipinski definition) is 1. The number of likely N-dealkylation sites (tertiary alicyclic amines) is 1. The second kappa shape index (κ2) is 8.53. The lowest BCUT2D eigenvalue weighted by Gasteiger charge is -2.26. The topological polar surface area (TPSA) is 50.8 Å². The van der Waals surface area contributed by atoms with Gasteiger partial charge in [0.1, 0.15) is 11.5 Å². The monoisotopic (exact) mass is 390 g/mol. The molecule has 0 radical (unpaired) electrons. The van der Waals surface area contributed by atoms with Crippen LogP contribution < -0.4 is 14.8 Å². The number of ether oxygens (including phenoxy) is 2. The predicted octanol–water partition coefficient (Wildman–Crippen LogP) is 4.63. The number of nitrogens with zero attached hydrogens (tertiary/aromatic N) is 1. The van der Waals surface area contributed by atoms with Gasteiger partial charge in [0.2, 0.25) is 5.91 Å². The molecule has 1 saturated heterocycles. The molecule has 4 rings (SSSR count). The van der Waals surface area contributed by atoms with E-state index in [1.54, 1.807) is 14.2 Å². The summed E-state index contributed by atoms with van der Waals surface area (Å²) < 4.78 is 11.0. The Hall–Kier alpha value is -3.05. The van der Waals surface area contributed by atoms with Crippen LogP contribution in [-0.2, 0) is 4.79 Å². The SMILES string of the molecule is COc1ccc(OC)c([C@@H]2CCCN2CC(=O)Nc2cccc3ccccc23)c1. The first-order valence-corrected chi connectivity index (χ1v) is 9.93. The van der Waals surface area contributed by atoms with Crippen molar-refractivity contribution in [3.05, 3.63) is 66.2 Å². The van der Waals surface area contributed by atoms with Crippen molar-refractivity contribution in [1.82, 2.24) is 4.90 Å². The van der Waals surface area contributed by atoms with Gasteiger partial charge in [0.25, 0.3) is 0 Å². The van der Waals surface area contributed by atoms with Gasteiger partial charge >= 0.3 is 0 Å². The number of hydrogen-bond acceptors (Lipinski definition) is 4. The first kappa shape index (κ1) is 19.3. The van der Waals surface area contributed by atoms with Gasteiger partial charge in [-0.3, -0.25) is 9.69 Å². The lowest BCUT2D eigenvalue weighted by atomic mass is 10.0. The Morgan fingerprint density at radius 1 is 1.07 bits per heavy atom. The summed E-state index contributed by atoms with van der Waals surface area (Å²) in [5.41, 5.74) is 1.92. The molecule has 150 valence electrons. The van der Waals surface area contributed by atoms with Gasteiger partial charge in [-0.15, -0.1) is 0 Å². The average molecular weight is 390 g/mol. The van der Waals surface area contributed by atoms with Crippen molar-refractivity contribution in [2.45, 2.75) is 18.9 Å². The molecule has 0 bridgehead atoms. The summed E-state index contributed by atoms with van der Waals surface area (Å²) >= 11 is 0. The lowest BCUT2D eigenvalue weighted by Crippen LogP contribution is -2.33. The molecule has 1 N–H and O–H groups in total. The molecule has 0 aliphatic carbocycles. The van der Waals surface area contributed by atoms with E-state index in [-0.39, 0.29) is 11.9 Å². The lowest BCUT2D eigenvalue weighted by molar-refractivity contribution is -0.117. The molecular formula is C24H26N2O3. The number of rotatable bonds is 6. The van der Waals surface area contributed by atoms with Gasteiger partial charge in [-0.2, -0.15) is 0 Å². The van der Waals surface area contributed by atoms with Crippen LogP contribution in [0.2, 0.25) is 0 Å². The quantitative estimate of drug-likeness (QED) is 0.667. The van der Waals surface area contributed by atoms with Gasteiger partial charge in [0, 0.05) is 22.7 Å². The number of fused-ring (bicyclic) bond motifs is 1. The highest BCUT2D eigenvalue weighted by atomic mass is 16.5. The number of anilines is 1. The molecule has 0 spiro atoms. The van der Waals surface area contributed by atoms with Crippen molar-refractivity contribution in [3.8, 4) is 11.5 Å². The van der Waals surface area contributed by atoms with Gasteiger partial charge in [0.15, 0.2) is 0 Å². The number of benzene rings is 3. The summed E-state index contributed by atoms with van der Waals surface area (Å²) in [5.74, 6) is 1.63. The van der Waals surface area contributed by atoms with Gasteiger partial charge in [-0.1, -0.05) is 36.4 Å². The molecule has 1 fully saturated rings. The summed E-state index contributed by atoms with van der Waals surface area (Å²) in [6, 6.07) is 20.0. The van der Waals surface area contributed by atoms with Gasteiger partial charge in [-0.25, -0.2) is 0 Å². The van der Waals surface area contributed by atoms with Crippen molar-refractivity contribution in [1.29, 1.82) is 0 Å². The highest BCUT2D eigenvalue weighted by Gasteiger charge is 2.30. The molecule has 1 amide bonds. The van der Waals surface area contributed by atoms with Crippen LogP contribution in [0.5, 0.6) is 11.5 Å². The fourth-order valence-corrected chi connectivity index (χ4v) is 4.18. The Labute approximate surface area is 171 Å². The summed E-state index contributed by atoms with van der Waals surface area (Å²) in [4.78, 5) is 15.1. The minimum absolute atomic E-state index is 0.00452. The van der Waals surface area contributed by atoms with E-state index in [2.05, 4.69) is 22.3 Å². The standard InChI is InChI=1S/C24H26N2O3/c1-28-18-12-13-23(29-2)20(15-18)22-11-6-14-26(22)16-24(27)25-21-10-5-8-17-7-3-4-9-19(17)21/h3-5,7-10,12-13,15,22H,6,11,14,16H2,1-2H3,(H,25,27)/t22-/m0/s1. The molecule has 0 aromatic heterocycles. The number of amides is 1. The Balaban J connectivity index is 1.52. The van der Waals surface area contributed by atoms with Crippen molar-refractivity contribution in [2.75, 3.05) is 32.6 Å². The summed E-state index contributed by atoms with van der Waals surface area (Å²) in [6.45, 7) is 1.22. The number of carbonyl (C=O) groups is 1. The third-order valence-corrected chi connectivity index (χ3v) is 5.57. The fraction of sp³-hybridized carbons (Fsp3) is 0.292. The third kappa shape index (κ3) is 4.05. The summed E-state index contributed by atoms with van der Waals surface area (Å²) in [6.07, 6.45) is 2.04. The Morgan fingerprint density at radius 3 is 2.72 bits per heavy atom. The first-order chi connectivity index (χ1) is 14.2. The summed E-state index contributed by atoms with van der Waals surface area (Å²) in [7, 11) is 3.34. The minimum atomic E-state index is -0.00452. The largest absolute Gasteiger partial charge is 0.497 e. The normalized spacial score (nSPS) is 16.7. The maximum Gasteiger partial charge on any atom is 0.238 e. The van der Waals surface area contributed by atoms with E-state index in [1.807, 2.05) is 48.5 Å². The molecule has 5 nitrogen and oxygen atoms in total. The summed E-state index contributed by atoms with van der Waals surface area (Å²) in [5, 5.41) is 5.27. The first-order valence-electron chi connectivity index (χ1n) is 9.93. The highest BCUT2D eigenvalue weighted by molar-refractivity contribution is 6.02. The van der Waals surface area contributed by atoms with E-state index in [4.69, 9.17) is 9.47 Å². The van der Waals surface area contributed by atoms with Crippen molar-refractivity contribution >= 4 is 22.4 Å². The molecule has 29 heavy (non-hydrogen) atoms. The van der Waals surface area contributed by atoms with Crippen LogP contribution in [0.25, 0.3) is 10.8 Å². The third-order valence-electron chi connectivity index (χ3n) is 5.57. The molecule has 1 aliphatic rings. The van der Waals surface area contributed by atoms with E-state index < -0.39 is 0 Å². The minimum Gasteiger partial charge on any atom is -0.497 e. The molecule has 0 unspecified atom stereocenters. The number of methoxy groups -OCH3 is 2. The zero-order valence-electron chi connectivity index (χ0n) is 16.9. The molecular weight excluding hydrogens is 364 g/mol. The van der Waals surface area contributed by atoms with Crippen LogP contribution in [0.4, 0.5) is 5.69 Å². The molecule has 0 saturated carbocycles. The number of carbonyl (C=O) groups excluding carboxylic acids is 1. The van der Waals surface area contributed by atoms with Crippen molar-refractivity contribution in [2.24, 2.45) is 0 Å². The average Bonchev–Trinajstić information content (AvgIpc) is 3.21. The van der Waals surface area contributed by atoms with Crippen LogP contribution in [0.15, 0.2) is 60.7 Å². The van der Waals surface area contributed by atoms with Crippen molar-refractivity contribution < 1.29 is 14.3 Å². The maximum absolute atomic E-state index is 12.9. The number of nitrogens with one attached hydrogen (secondary N) is 1. The zero-order chi connectivity index (χ0) is 20.2. The van der Waals surface area contributed by atoms with E-state index in [9.17, 15) is 4.79 Å². The van der Waals surface area contributed by atoms with E-state index in [0.29, 0.717) is 6.54 Å². The van der Waals surface area contributed by atoms with E-state index >= 15 is 0 Å². The predicted molar refractivity (Wildman–Crippen MR) is 116 cm³/mol. The molecule has 3 aromatic carbocycles. The molecule has 1 heterocycles. The molecule has 3 aromatic rings. The molecule has 1 aliphatic heterocycles. The van der Waals surface area contributed by atoms with Crippen LogP contribution in [0, 0.1) is 0 Å². The Bertz CT molecular complexity index is 1010. The highest BCUT2D eigenvalue weighted by Crippen LogP contribution is 2.38. The second-order valence-corrected chi connectivity index (χ2v) is 7.31. The van der Waals surface area contributed by atoms with Crippen LogP contribution in [-0.4, -0.2) is 38.1 Å². The van der Waals surface area contributed by atoms with Crippen molar-refractivity contribution in [3.63, 3.8) is 0 Å². The van der Waals surface area contributed by atoms with Crippen LogP contribution in [0.3, 0.4) is 0 Å². The van der Waals surface area contributed by atoms with Gasteiger partial charge < -0.3 is 14.8 Å². The fourth-order valence-electron chi connectivity index (χ4n) is 4.18.